The summed E-state index contributed by atoms with van der Waals surface area (Å²) in [6.07, 6.45) is -25.0. The highest BCUT2D eigenvalue weighted by Gasteiger charge is 2.52. The van der Waals surface area contributed by atoms with Gasteiger partial charge in [0, 0.05) is 52.0 Å². The summed E-state index contributed by atoms with van der Waals surface area (Å²) in [5, 5.41) is 147. The molecule has 4 fully saturated rings. The molecule has 87 heavy (non-hydrogen) atoms. The number of amides is 5. The third kappa shape index (κ3) is 25.7. The number of hydrogen-bond acceptors (Lipinski definition) is 28. The van der Waals surface area contributed by atoms with Crippen LogP contribution in [0.3, 0.4) is 0 Å². The topological polar surface area (TPSA) is 503 Å². The molecule has 0 aromatic heterocycles. The van der Waals surface area contributed by atoms with Crippen molar-refractivity contribution in [2.45, 2.75) is 220 Å². The molecule has 4 heterocycles. The molecular weight excluding hydrogens is 1160 g/mol. The van der Waals surface area contributed by atoms with E-state index in [1.165, 1.54) is 18.7 Å². The van der Waals surface area contributed by atoms with Gasteiger partial charge in [0.25, 0.3) is 0 Å². The molecular formula is C54H96N6O27. The number of rotatable bonds is 40. The second-order valence-electron chi connectivity index (χ2n) is 22.2. The largest absolute Gasteiger partial charge is 0.394 e. The first-order valence-electron chi connectivity index (χ1n) is 29.9. The monoisotopic (exact) mass is 1260 g/mol. The maximum absolute atomic E-state index is 13.1. The molecule has 4 aliphatic heterocycles. The number of ether oxygens (including phenoxy) is 8. The van der Waals surface area contributed by atoms with Gasteiger partial charge in [-0.2, -0.15) is 0 Å². The molecule has 5 amide bonds. The Labute approximate surface area is 504 Å². The van der Waals surface area contributed by atoms with Crippen molar-refractivity contribution in [3.05, 3.63) is 0 Å². The number of Topliss-reactive ketones (excluding diaryl/α,β-unsaturated/α-hetero) is 1. The van der Waals surface area contributed by atoms with Gasteiger partial charge in [-0.25, -0.2) is 0 Å². The number of ketones is 1. The van der Waals surface area contributed by atoms with E-state index in [0.29, 0.717) is 57.9 Å². The lowest BCUT2D eigenvalue weighted by molar-refractivity contribution is -0.366. The van der Waals surface area contributed by atoms with Crippen LogP contribution in [0.2, 0.25) is 0 Å². The number of aliphatic hydroxyl groups is 13. The third-order valence-electron chi connectivity index (χ3n) is 15.0. The van der Waals surface area contributed by atoms with Crippen LogP contribution >= 0.6 is 0 Å². The normalized spacial score (nSPS) is 32.7. The predicted molar refractivity (Wildman–Crippen MR) is 295 cm³/mol. The highest BCUT2D eigenvalue weighted by Crippen LogP contribution is 2.31. The highest BCUT2D eigenvalue weighted by atomic mass is 16.8. The Balaban J connectivity index is 1.17. The third-order valence-corrected chi connectivity index (χ3v) is 15.0. The minimum Gasteiger partial charge on any atom is -0.394 e. The second kappa shape index (κ2) is 40.1. The van der Waals surface area contributed by atoms with Gasteiger partial charge in [0.2, 0.25) is 29.5 Å². The molecule has 0 aromatic carbocycles. The standard InChI is InChI=1S/C54H96N6O27/c1-29(63)13-7-3-4-10-16-55-36(66)23-60(24-37(67)56-17-11-5-8-14-34(64)58-19-21-80-51-46(76)43(73)39(69)30(2)83-51)25-38(68)57-18-12-6-9-15-35(65)59-20-22-81-53-49(79)50(87-54-48(78)45(75)41(71)32(27-62)85-54)42(72)33(86-53)28-82-52-47(77)44(74)40(70)31(26-61)84-52/h30-33,39-54,61-62,69-79H,3-28H2,1-2H3,(H,55,66)(H,56,67)(H,57,68)(H,58,64)(H,59,65)/t30-,31+,32+,33+,39+,40+,41+,42+,43+,44-,45-,46-,47-,48-,49-,50?,51+,52-,53-,54+/m0/s1. The van der Waals surface area contributed by atoms with Crippen molar-refractivity contribution in [3.8, 4) is 0 Å². The molecule has 18 N–H and O–H groups in total. The van der Waals surface area contributed by atoms with E-state index in [1.54, 1.807) is 0 Å². The summed E-state index contributed by atoms with van der Waals surface area (Å²) in [6, 6.07) is 0. The fourth-order valence-corrected chi connectivity index (χ4v) is 9.78. The van der Waals surface area contributed by atoms with E-state index < -0.39 is 154 Å². The van der Waals surface area contributed by atoms with Crippen molar-refractivity contribution in [1.29, 1.82) is 0 Å². The van der Waals surface area contributed by atoms with Crippen LogP contribution in [0.15, 0.2) is 0 Å². The minimum absolute atomic E-state index is 0.00948. The second-order valence-corrected chi connectivity index (χ2v) is 22.2. The molecule has 4 saturated heterocycles. The maximum atomic E-state index is 13.1. The first-order chi connectivity index (χ1) is 41.5. The lowest BCUT2D eigenvalue weighted by Gasteiger charge is -2.46. The van der Waals surface area contributed by atoms with Crippen molar-refractivity contribution < 1.29 is 133 Å². The van der Waals surface area contributed by atoms with Crippen molar-refractivity contribution in [2.75, 3.05) is 85.4 Å². The van der Waals surface area contributed by atoms with Gasteiger partial charge in [0.15, 0.2) is 25.2 Å². The van der Waals surface area contributed by atoms with Crippen LogP contribution < -0.4 is 26.6 Å². The predicted octanol–water partition coefficient (Wildman–Crippen LogP) is -8.16. The van der Waals surface area contributed by atoms with Gasteiger partial charge in [-0.1, -0.05) is 25.7 Å². The van der Waals surface area contributed by atoms with E-state index in [0.717, 1.165) is 19.3 Å². The number of nitrogens with zero attached hydrogens (tertiary/aromatic N) is 1. The number of hydrogen-bond donors (Lipinski definition) is 18. The number of carbonyl (C=O) groups excluding carboxylic acids is 6. The Morgan fingerprint density at radius 2 is 0.770 bits per heavy atom. The highest BCUT2D eigenvalue weighted by molar-refractivity contribution is 5.84. The van der Waals surface area contributed by atoms with Crippen LogP contribution in [0.4, 0.5) is 0 Å². The Morgan fingerprint density at radius 3 is 1.24 bits per heavy atom. The molecule has 20 atom stereocenters. The van der Waals surface area contributed by atoms with Crippen LogP contribution in [0.5, 0.6) is 0 Å². The van der Waals surface area contributed by atoms with Crippen LogP contribution in [0, 0.1) is 0 Å². The zero-order valence-electron chi connectivity index (χ0n) is 49.4. The zero-order valence-corrected chi connectivity index (χ0v) is 49.4. The molecule has 504 valence electrons. The quantitative estimate of drug-likeness (QED) is 0.0253. The molecule has 33 heteroatoms. The van der Waals surface area contributed by atoms with Gasteiger partial charge in [-0.05, 0) is 52.4 Å². The van der Waals surface area contributed by atoms with E-state index in [1.807, 2.05) is 0 Å². The summed E-state index contributed by atoms with van der Waals surface area (Å²) >= 11 is 0. The van der Waals surface area contributed by atoms with Crippen molar-refractivity contribution in [1.82, 2.24) is 31.5 Å². The van der Waals surface area contributed by atoms with E-state index in [9.17, 15) is 95.2 Å². The van der Waals surface area contributed by atoms with Gasteiger partial charge >= 0.3 is 0 Å². The average molecular weight is 1260 g/mol. The Hall–Kier alpha value is -3.86. The van der Waals surface area contributed by atoms with Crippen molar-refractivity contribution >= 4 is 35.3 Å². The molecule has 33 nitrogen and oxygen atoms in total. The van der Waals surface area contributed by atoms with Crippen molar-refractivity contribution in [2.24, 2.45) is 0 Å². The summed E-state index contributed by atoms with van der Waals surface area (Å²) in [4.78, 5) is 76.7. The lowest BCUT2D eigenvalue weighted by Crippen LogP contribution is -2.65. The van der Waals surface area contributed by atoms with Gasteiger partial charge < -0.3 is 136 Å². The fraction of sp³-hybridized carbons (Fsp3) is 0.889. The molecule has 0 aliphatic carbocycles. The van der Waals surface area contributed by atoms with Gasteiger partial charge in [0.05, 0.1) is 58.8 Å². The van der Waals surface area contributed by atoms with Crippen molar-refractivity contribution in [3.63, 3.8) is 0 Å². The smallest absolute Gasteiger partial charge is 0.234 e. The summed E-state index contributed by atoms with van der Waals surface area (Å²) in [7, 11) is 0. The SMILES string of the molecule is CC(=O)CCCCCCNC(=O)CN(CC(=O)NCCCCCC(=O)NCCO[C@@H]1O[C@@H](C)[C@@H](O)[C@@H](O)[C@@H]1O)CC(=O)NCCCCCC(=O)NCCO[C@H]1O[C@H](CO[C@H]2O[C@H](CO)[C@@H](O)[C@H](O)[C@@H]2O)[C@@H](O)C(O[C@H]2O[C@H](CO)[C@@H](O)[C@H](O)[C@@H]2O)[C@@H]1O. The molecule has 0 saturated carbocycles. The summed E-state index contributed by atoms with van der Waals surface area (Å²) < 4.78 is 44.3. The van der Waals surface area contributed by atoms with Crippen LogP contribution in [0.25, 0.3) is 0 Å². The van der Waals surface area contributed by atoms with E-state index >= 15 is 0 Å². The first-order valence-corrected chi connectivity index (χ1v) is 29.9. The number of unbranched alkanes of at least 4 members (excludes halogenated alkanes) is 7. The summed E-state index contributed by atoms with van der Waals surface area (Å²) in [6.45, 7) is 0.599. The minimum atomic E-state index is -1.94. The molecule has 0 bridgehead atoms. The molecule has 0 spiro atoms. The molecule has 1 unspecified atom stereocenters. The maximum Gasteiger partial charge on any atom is 0.234 e. The van der Waals surface area contributed by atoms with Crippen LogP contribution in [0.1, 0.15) is 97.3 Å². The summed E-state index contributed by atoms with van der Waals surface area (Å²) in [5.74, 6) is -1.77. The summed E-state index contributed by atoms with van der Waals surface area (Å²) in [5.41, 5.74) is 0. The molecule has 4 aliphatic rings. The Bertz CT molecular complexity index is 2040. The zero-order chi connectivity index (χ0) is 64.2. The molecule has 0 radical (unpaired) electrons. The average Bonchev–Trinajstić information content (AvgIpc) is 1.22. The lowest BCUT2D eigenvalue weighted by atomic mass is 9.96. The van der Waals surface area contributed by atoms with E-state index in [2.05, 4.69) is 26.6 Å². The van der Waals surface area contributed by atoms with E-state index in [4.69, 9.17) is 37.9 Å². The Morgan fingerprint density at radius 1 is 0.391 bits per heavy atom. The fourth-order valence-electron chi connectivity index (χ4n) is 9.78. The van der Waals surface area contributed by atoms with E-state index in [-0.39, 0.29) is 95.4 Å². The molecule has 0 aromatic rings. The number of nitrogens with one attached hydrogen (secondary N) is 5. The first kappa shape index (κ1) is 75.6. The van der Waals surface area contributed by atoms with Crippen LogP contribution in [-0.4, -0.2) is 315 Å². The van der Waals surface area contributed by atoms with Gasteiger partial charge in [-0.15, -0.1) is 0 Å². The van der Waals surface area contributed by atoms with Crippen LogP contribution in [-0.2, 0) is 66.7 Å². The van der Waals surface area contributed by atoms with Gasteiger partial charge in [0.1, 0.15) is 97.3 Å². The number of carbonyl (C=O) groups is 6. The number of aliphatic hydroxyl groups excluding tert-OH is 13. The molecule has 4 rings (SSSR count). The Kier molecular flexibility index (Phi) is 34.8. The van der Waals surface area contributed by atoms with Gasteiger partial charge in [-0.3, -0.25) is 28.9 Å².